The average molecular weight is 948 g/mol. The first-order valence-corrected chi connectivity index (χ1v) is 23.4. The van der Waals surface area contributed by atoms with Gasteiger partial charge in [0, 0.05) is 87.3 Å². The number of carbonyl (C=O) groups excluding carboxylic acids is 6. The highest BCUT2D eigenvalue weighted by molar-refractivity contribution is 5.97. The molecule has 68 heavy (non-hydrogen) atoms. The zero-order chi connectivity index (χ0) is 49.7. The molecule has 0 radical (unpaired) electrons. The molecule has 2 aliphatic heterocycles. The van der Waals surface area contributed by atoms with Crippen molar-refractivity contribution >= 4 is 57.5 Å². The Morgan fingerprint density at radius 3 is 1.57 bits per heavy atom. The van der Waals surface area contributed by atoms with E-state index in [-0.39, 0.29) is 68.7 Å². The Bertz CT molecular complexity index is 2340. The van der Waals surface area contributed by atoms with E-state index in [1.54, 1.807) is 85.0 Å². The second kappa shape index (κ2) is 21.9. The molecule has 17 nitrogen and oxygen atoms in total. The Morgan fingerprint density at radius 2 is 1.16 bits per heavy atom. The molecule has 0 bridgehead atoms. The number of carbonyl (C=O) groups is 6. The number of benzene rings is 2. The Morgan fingerprint density at radius 1 is 0.706 bits per heavy atom. The quantitative estimate of drug-likeness (QED) is 0.0893. The van der Waals surface area contributed by atoms with Gasteiger partial charge in [-0.2, -0.15) is 0 Å². The van der Waals surface area contributed by atoms with Crippen molar-refractivity contribution in [2.45, 2.75) is 115 Å². The van der Waals surface area contributed by atoms with Crippen LogP contribution in [-0.2, 0) is 41.5 Å². The highest BCUT2D eigenvalue weighted by atomic mass is 19.1. The van der Waals surface area contributed by atoms with Crippen molar-refractivity contribution in [3.05, 3.63) is 59.2 Å². The topological polar surface area (TPSA) is 202 Å². The van der Waals surface area contributed by atoms with E-state index in [2.05, 4.69) is 25.9 Å². The van der Waals surface area contributed by atoms with Gasteiger partial charge in [0.15, 0.2) is 0 Å². The normalized spacial score (nSPS) is 20.0. The number of ketones is 1. The maximum atomic E-state index is 15.1. The molecule has 4 heterocycles. The molecule has 5 N–H and O–H groups in total. The molecule has 2 fully saturated rings. The Balaban J connectivity index is 1.46. The summed E-state index contributed by atoms with van der Waals surface area (Å²) in [6.45, 7) is 7.25. The van der Waals surface area contributed by atoms with Crippen molar-refractivity contribution in [3.63, 3.8) is 0 Å². The molecule has 2 aromatic heterocycles. The summed E-state index contributed by atoms with van der Waals surface area (Å²) in [7, 11) is 9.61. The standard InChI is InChI=1S/C49H67F2N9O8/c1-11-28(17-42(61)26(3)52-5)46(63)59-24-33(67-48(65)57(7)8)20-31(59)22-37-35-15-13-29(50)18-40(35)54-43(37)44-38(36-16-14-30(51)19-41(36)55-44)23-32-21-34(68-49(66)58(9)10)25-60(32)47(64)39(12-2)56-45(62)27(4)53-6/h13-16,18-19,26-28,31-34,39,52-55H,11-12,17,20-25H2,1-10H3,(H,56,62)/t26-,27-,28+,31-,32-,33-,34-,39-/m0/s1. The first-order chi connectivity index (χ1) is 32.3. The third-order valence-corrected chi connectivity index (χ3v) is 13.5. The van der Waals surface area contributed by atoms with Crippen molar-refractivity contribution in [3.8, 4) is 11.4 Å². The lowest BCUT2D eigenvalue weighted by molar-refractivity contribution is -0.139. The number of likely N-dealkylation sites (N-methyl/N-ethyl adjacent to an activating group) is 2. The van der Waals surface area contributed by atoms with Gasteiger partial charge in [-0.1, -0.05) is 13.8 Å². The summed E-state index contributed by atoms with van der Waals surface area (Å²) < 4.78 is 41.9. The predicted molar refractivity (Wildman–Crippen MR) is 254 cm³/mol. The third-order valence-electron chi connectivity index (χ3n) is 13.5. The zero-order valence-electron chi connectivity index (χ0n) is 40.8. The summed E-state index contributed by atoms with van der Waals surface area (Å²) in [5, 5.41) is 10.0. The van der Waals surface area contributed by atoms with E-state index >= 15 is 8.78 Å². The van der Waals surface area contributed by atoms with Gasteiger partial charge in [0.2, 0.25) is 17.7 Å². The summed E-state index contributed by atoms with van der Waals surface area (Å²) in [5.41, 5.74) is 3.38. The van der Waals surface area contributed by atoms with Gasteiger partial charge >= 0.3 is 12.2 Å². The van der Waals surface area contributed by atoms with E-state index in [1.165, 1.54) is 34.1 Å². The van der Waals surface area contributed by atoms with Crippen LogP contribution in [0.1, 0.15) is 70.9 Å². The van der Waals surface area contributed by atoms with Gasteiger partial charge in [0.25, 0.3) is 0 Å². The first kappa shape index (κ1) is 51.3. The SMILES string of the molecule is CC[C@H](CC(=O)[C@H](C)NC)C(=O)N1C[C@@H](OC(=O)N(C)C)C[C@H]1Cc1c(-c2[nH]c3cc(F)ccc3c2C[C@@H]2C[C@H](OC(=O)N(C)C)CN2C(=O)[C@H](CC)NC(=O)[C@H](C)NC)[nH]c2cc(F)ccc12. The van der Waals surface area contributed by atoms with Crippen molar-refractivity contribution in [1.29, 1.82) is 0 Å². The summed E-state index contributed by atoms with van der Waals surface area (Å²) in [6, 6.07) is 5.75. The van der Waals surface area contributed by atoms with E-state index in [1.807, 2.05) is 6.92 Å². The smallest absolute Gasteiger partial charge is 0.409 e. The molecule has 2 aliphatic rings. The number of ether oxygens (including phenoxy) is 2. The number of halogens is 2. The summed E-state index contributed by atoms with van der Waals surface area (Å²) in [5.74, 6) is -2.68. The highest BCUT2D eigenvalue weighted by Crippen LogP contribution is 2.40. The van der Waals surface area contributed by atoms with Crippen molar-refractivity contribution in [2.24, 2.45) is 5.92 Å². The van der Waals surface area contributed by atoms with Crippen LogP contribution in [0, 0.1) is 17.6 Å². The fourth-order valence-electron chi connectivity index (χ4n) is 9.31. The molecule has 5 amide bonds. The number of Topliss-reactive ketones (excluding diaryl/α,β-unsaturated/α-hetero) is 1. The molecule has 4 aromatic rings. The molecular weight excluding hydrogens is 881 g/mol. The van der Waals surface area contributed by atoms with Gasteiger partial charge in [-0.3, -0.25) is 19.2 Å². The maximum absolute atomic E-state index is 15.1. The molecule has 8 atom stereocenters. The van der Waals surface area contributed by atoms with Gasteiger partial charge in [-0.15, -0.1) is 0 Å². The van der Waals surface area contributed by atoms with Crippen LogP contribution in [0.4, 0.5) is 18.4 Å². The van der Waals surface area contributed by atoms with Crippen LogP contribution in [-0.4, -0.2) is 163 Å². The minimum absolute atomic E-state index is 0.0195. The predicted octanol–water partition coefficient (Wildman–Crippen LogP) is 5.11. The molecular formula is C49H67F2N9O8. The monoisotopic (exact) mass is 948 g/mol. The molecule has 370 valence electrons. The number of rotatable bonds is 18. The lowest BCUT2D eigenvalue weighted by Crippen LogP contribution is -2.53. The second-order valence-electron chi connectivity index (χ2n) is 18.6. The number of fused-ring (bicyclic) bond motifs is 2. The van der Waals surface area contributed by atoms with Crippen molar-refractivity contribution in [2.75, 3.05) is 55.4 Å². The van der Waals surface area contributed by atoms with Crippen LogP contribution in [0.3, 0.4) is 0 Å². The highest BCUT2D eigenvalue weighted by Gasteiger charge is 2.43. The zero-order valence-corrected chi connectivity index (χ0v) is 40.8. The molecule has 6 rings (SSSR count). The van der Waals surface area contributed by atoms with Crippen molar-refractivity contribution < 1.29 is 47.0 Å². The van der Waals surface area contributed by atoms with Gasteiger partial charge in [0.05, 0.1) is 36.6 Å². The number of aromatic nitrogens is 2. The average Bonchev–Trinajstić information content (AvgIpc) is 4.08. The molecule has 0 saturated carbocycles. The number of hydrogen-bond donors (Lipinski definition) is 5. The number of likely N-dealkylation sites (tertiary alicyclic amines) is 2. The molecule has 0 unspecified atom stereocenters. The van der Waals surface area contributed by atoms with E-state index in [0.717, 1.165) is 0 Å². The summed E-state index contributed by atoms with van der Waals surface area (Å²) in [4.78, 5) is 93.9. The number of amides is 5. The molecule has 0 aliphatic carbocycles. The molecule has 0 spiro atoms. The van der Waals surface area contributed by atoms with Crippen molar-refractivity contribution in [1.82, 2.24) is 45.5 Å². The van der Waals surface area contributed by atoms with E-state index in [9.17, 15) is 28.8 Å². The summed E-state index contributed by atoms with van der Waals surface area (Å²) in [6.07, 6.45) is -0.864. The molecule has 2 aromatic carbocycles. The summed E-state index contributed by atoms with van der Waals surface area (Å²) >= 11 is 0. The number of nitrogens with one attached hydrogen (secondary N) is 5. The van der Waals surface area contributed by atoms with E-state index < -0.39 is 72.2 Å². The largest absolute Gasteiger partial charge is 0.444 e. The lowest BCUT2D eigenvalue weighted by Gasteiger charge is -2.29. The van der Waals surface area contributed by atoms with E-state index in [4.69, 9.17) is 9.47 Å². The van der Waals surface area contributed by atoms with E-state index in [0.29, 0.717) is 57.2 Å². The van der Waals surface area contributed by atoms with Crippen LogP contribution in [0.2, 0.25) is 0 Å². The van der Waals surface area contributed by atoms with Crippen LogP contribution in [0.25, 0.3) is 33.2 Å². The third kappa shape index (κ3) is 11.3. The minimum Gasteiger partial charge on any atom is -0.444 e. The lowest BCUT2D eigenvalue weighted by atomic mass is 9.93. The van der Waals surface area contributed by atoms with Gasteiger partial charge < -0.3 is 55.0 Å². The van der Waals surface area contributed by atoms with Gasteiger partial charge in [-0.05, 0) is 101 Å². The van der Waals surface area contributed by atoms with Crippen LogP contribution < -0.4 is 16.0 Å². The second-order valence-corrected chi connectivity index (χ2v) is 18.6. The fraction of sp³-hybridized carbons (Fsp3) is 0.551. The first-order valence-electron chi connectivity index (χ1n) is 23.4. The molecule has 2 saturated heterocycles. The number of aromatic amines is 2. The fourth-order valence-corrected chi connectivity index (χ4v) is 9.31. The van der Waals surface area contributed by atoms with Crippen LogP contribution in [0.15, 0.2) is 36.4 Å². The molecule has 19 heteroatoms. The maximum Gasteiger partial charge on any atom is 0.409 e. The minimum atomic E-state index is -0.883. The van der Waals surface area contributed by atoms with Gasteiger partial charge in [0.1, 0.15) is 35.7 Å². The number of nitrogens with zero attached hydrogens (tertiary/aromatic N) is 4. The van der Waals surface area contributed by atoms with Crippen LogP contribution >= 0.6 is 0 Å². The van der Waals surface area contributed by atoms with Gasteiger partial charge in [-0.25, -0.2) is 18.4 Å². The van der Waals surface area contributed by atoms with Crippen LogP contribution in [0.5, 0.6) is 0 Å². The Labute approximate surface area is 396 Å². The number of H-pyrrole nitrogens is 2. The Kier molecular flexibility index (Phi) is 16.5. The Hall–Kier alpha value is -6.08. The number of hydrogen-bond acceptors (Lipinski definition) is 10.